The van der Waals surface area contributed by atoms with E-state index in [1.54, 1.807) is 4.68 Å². The molecule has 0 saturated heterocycles. The average molecular weight is 377 g/mol. The van der Waals surface area contributed by atoms with Crippen molar-refractivity contribution in [2.75, 3.05) is 6.54 Å². The molecule has 1 aromatic carbocycles. The predicted octanol–water partition coefficient (Wildman–Crippen LogP) is 3.35. The molecule has 0 unspecified atom stereocenters. The Morgan fingerprint density at radius 2 is 2.12 bits per heavy atom. The van der Waals surface area contributed by atoms with Crippen molar-refractivity contribution in [1.82, 2.24) is 30.8 Å². The summed E-state index contributed by atoms with van der Waals surface area (Å²) in [4.78, 5) is 12.3. The second-order valence-corrected chi connectivity index (χ2v) is 7.45. The second kappa shape index (κ2) is 7.61. The van der Waals surface area contributed by atoms with Gasteiger partial charge in [0.25, 0.3) is 0 Å². The van der Waals surface area contributed by atoms with Crippen molar-refractivity contribution in [2.45, 2.75) is 52.0 Å². The summed E-state index contributed by atoms with van der Waals surface area (Å²) < 4.78 is 1.71. The Labute approximate surface area is 158 Å². The number of amides is 2. The van der Waals surface area contributed by atoms with Crippen LogP contribution >= 0.6 is 11.6 Å². The molecule has 2 aromatic rings. The van der Waals surface area contributed by atoms with Crippen molar-refractivity contribution in [3.8, 4) is 5.69 Å². The van der Waals surface area contributed by atoms with Gasteiger partial charge < -0.3 is 10.6 Å². The van der Waals surface area contributed by atoms with Crippen molar-refractivity contribution in [3.05, 3.63) is 34.6 Å². The minimum Gasteiger partial charge on any atom is -0.338 e. The van der Waals surface area contributed by atoms with E-state index in [-0.39, 0.29) is 6.03 Å². The smallest absolute Gasteiger partial charge is 0.315 e. The van der Waals surface area contributed by atoms with E-state index in [1.807, 2.05) is 32.0 Å². The van der Waals surface area contributed by atoms with Crippen molar-refractivity contribution in [1.29, 1.82) is 0 Å². The van der Waals surface area contributed by atoms with Gasteiger partial charge in [0, 0.05) is 11.6 Å². The number of nitrogens with one attached hydrogen (secondary N) is 2. The highest BCUT2D eigenvalue weighted by Crippen LogP contribution is 2.39. The zero-order valence-electron chi connectivity index (χ0n) is 15.4. The molecule has 0 aliphatic heterocycles. The van der Waals surface area contributed by atoms with Crippen LogP contribution in [0.25, 0.3) is 5.69 Å². The number of carbonyl (C=O) groups is 1. The molecule has 3 rings (SSSR count). The molecular weight excluding hydrogens is 352 g/mol. The molecule has 1 heterocycles. The topological polar surface area (TPSA) is 84.7 Å². The van der Waals surface area contributed by atoms with Gasteiger partial charge in [0.05, 0.1) is 5.69 Å². The lowest BCUT2D eigenvalue weighted by atomic mass is 9.76. The molecule has 2 N–H and O–H groups in total. The molecule has 140 valence electrons. The molecule has 0 spiro atoms. The molecule has 0 atom stereocenters. The van der Waals surface area contributed by atoms with E-state index < -0.39 is 5.54 Å². The number of hydrogen-bond donors (Lipinski definition) is 2. The lowest BCUT2D eigenvalue weighted by Crippen LogP contribution is -2.53. The van der Waals surface area contributed by atoms with Crippen LogP contribution in [0.4, 0.5) is 4.79 Å². The molecule has 1 aliphatic carbocycles. The Morgan fingerprint density at radius 1 is 1.38 bits per heavy atom. The standard InChI is InChI=1S/C18H25ClN6O/c1-4-20-17(26)21-18(10-8-12(2)9-11-18)16-22-23-24-25(16)15-7-5-6-14(19)13(15)3/h5-7,12H,4,8-11H2,1-3H3,(H2,20,21,26). The number of aromatic nitrogens is 4. The third-order valence-electron chi connectivity index (χ3n) is 5.18. The van der Waals surface area contributed by atoms with Crippen LogP contribution in [0.5, 0.6) is 0 Å². The number of tetrazole rings is 1. The first-order valence-electron chi connectivity index (χ1n) is 9.07. The lowest BCUT2D eigenvalue weighted by molar-refractivity contribution is 0.176. The van der Waals surface area contributed by atoms with E-state index in [2.05, 4.69) is 33.1 Å². The maximum absolute atomic E-state index is 12.3. The summed E-state index contributed by atoms with van der Waals surface area (Å²) >= 11 is 6.29. The monoisotopic (exact) mass is 376 g/mol. The Balaban J connectivity index is 2.04. The third-order valence-corrected chi connectivity index (χ3v) is 5.59. The van der Waals surface area contributed by atoms with Crippen LogP contribution in [0.2, 0.25) is 5.02 Å². The normalized spacial score (nSPS) is 22.8. The van der Waals surface area contributed by atoms with Gasteiger partial charge in [-0.25, -0.2) is 4.79 Å². The molecular formula is C18H25ClN6O. The van der Waals surface area contributed by atoms with E-state index in [0.717, 1.165) is 36.9 Å². The highest BCUT2D eigenvalue weighted by Gasteiger charge is 2.42. The summed E-state index contributed by atoms with van der Waals surface area (Å²) in [6.45, 7) is 6.64. The van der Waals surface area contributed by atoms with E-state index in [1.165, 1.54) is 0 Å². The van der Waals surface area contributed by atoms with Crippen LogP contribution < -0.4 is 10.6 Å². The van der Waals surface area contributed by atoms with Gasteiger partial charge >= 0.3 is 6.03 Å². The van der Waals surface area contributed by atoms with Gasteiger partial charge in [-0.2, -0.15) is 4.68 Å². The number of benzene rings is 1. The van der Waals surface area contributed by atoms with Crippen LogP contribution in [-0.4, -0.2) is 32.8 Å². The zero-order chi connectivity index (χ0) is 18.7. The van der Waals surface area contributed by atoms with E-state index in [9.17, 15) is 4.79 Å². The number of halogens is 1. The first-order chi connectivity index (χ1) is 12.5. The predicted molar refractivity (Wildman–Crippen MR) is 100 cm³/mol. The number of nitrogens with zero attached hydrogens (tertiary/aromatic N) is 4. The third kappa shape index (κ3) is 3.53. The van der Waals surface area contributed by atoms with E-state index in [4.69, 9.17) is 11.6 Å². The Morgan fingerprint density at radius 3 is 2.81 bits per heavy atom. The van der Waals surface area contributed by atoms with Gasteiger partial charge in [-0.15, -0.1) is 5.10 Å². The maximum Gasteiger partial charge on any atom is 0.315 e. The largest absolute Gasteiger partial charge is 0.338 e. The van der Waals surface area contributed by atoms with E-state index >= 15 is 0 Å². The molecule has 1 aliphatic rings. The van der Waals surface area contributed by atoms with Gasteiger partial charge in [0.15, 0.2) is 5.82 Å². The molecule has 0 bridgehead atoms. The van der Waals surface area contributed by atoms with Crippen LogP contribution in [0.15, 0.2) is 18.2 Å². The fraction of sp³-hybridized carbons (Fsp3) is 0.556. The molecule has 1 saturated carbocycles. The zero-order valence-corrected chi connectivity index (χ0v) is 16.2. The quantitative estimate of drug-likeness (QED) is 0.856. The highest BCUT2D eigenvalue weighted by molar-refractivity contribution is 6.31. The van der Waals surface area contributed by atoms with Crippen LogP contribution in [0, 0.1) is 12.8 Å². The Kier molecular flexibility index (Phi) is 5.46. The SMILES string of the molecule is CCNC(=O)NC1(c2nnnn2-c2cccc(Cl)c2C)CCC(C)CC1. The maximum atomic E-state index is 12.3. The average Bonchev–Trinajstić information content (AvgIpc) is 3.10. The summed E-state index contributed by atoms with van der Waals surface area (Å²) in [5.41, 5.74) is 1.14. The number of hydrogen-bond acceptors (Lipinski definition) is 4. The molecule has 2 amide bonds. The Bertz CT molecular complexity index is 782. The first-order valence-corrected chi connectivity index (χ1v) is 9.45. The van der Waals surface area contributed by atoms with Gasteiger partial charge in [-0.05, 0) is 73.6 Å². The molecule has 26 heavy (non-hydrogen) atoms. The molecule has 0 radical (unpaired) electrons. The minimum absolute atomic E-state index is 0.195. The molecule has 1 fully saturated rings. The van der Waals surface area contributed by atoms with Crippen LogP contribution in [0.3, 0.4) is 0 Å². The fourth-order valence-corrected chi connectivity index (χ4v) is 3.72. The molecule has 1 aromatic heterocycles. The minimum atomic E-state index is -0.593. The summed E-state index contributed by atoms with van der Waals surface area (Å²) in [6, 6.07) is 5.46. The van der Waals surface area contributed by atoms with Crippen molar-refractivity contribution in [2.24, 2.45) is 5.92 Å². The number of urea groups is 1. The lowest BCUT2D eigenvalue weighted by Gasteiger charge is -2.38. The number of rotatable bonds is 4. The van der Waals surface area contributed by atoms with Crippen molar-refractivity contribution >= 4 is 17.6 Å². The van der Waals surface area contributed by atoms with Gasteiger partial charge in [0.2, 0.25) is 0 Å². The fourth-order valence-electron chi connectivity index (χ4n) is 3.55. The summed E-state index contributed by atoms with van der Waals surface area (Å²) in [5.74, 6) is 1.28. The summed E-state index contributed by atoms with van der Waals surface area (Å²) in [5, 5.41) is 19.1. The summed E-state index contributed by atoms with van der Waals surface area (Å²) in [7, 11) is 0. The van der Waals surface area contributed by atoms with Gasteiger partial charge in [-0.1, -0.05) is 24.6 Å². The van der Waals surface area contributed by atoms with E-state index in [0.29, 0.717) is 23.3 Å². The van der Waals surface area contributed by atoms with Crippen molar-refractivity contribution in [3.63, 3.8) is 0 Å². The van der Waals surface area contributed by atoms with Gasteiger partial charge in [-0.3, -0.25) is 0 Å². The first kappa shape index (κ1) is 18.6. The number of carbonyl (C=O) groups excluding carboxylic acids is 1. The highest BCUT2D eigenvalue weighted by atomic mass is 35.5. The van der Waals surface area contributed by atoms with Crippen molar-refractivity contribution < 1.29 is 4.79 Å². The second-order valence-electron chi connectivity index (χ2n) is 7.05. The summed E-state index contributed by atoms with van der Waals surface area (Å²) in [6.07, 6.45) is 3.61. The Hall–Kier alpha value is -2.15. The van der Waals surface area contributed by atoms with Gasteiger partial charge in [0.1, 0.15) is 5.54 Å². The van der Waals surface area contributed by atoms with Crippen LogP contribution in [0.1, 0.15) is 50.9 Å². The molecule has 8 heteroatoms. The molecule has 7 nitrogen and oxygen atoms in total. The van der Waals surface area contributed by atoms with Crippen LogP contribution in [-0.2, 0) is 5.54 Å².